The highest BCUT2D eigenvalue weighted by atomic mass is 32.2. The maximum atomic E-state index is 13.6. The number of aromatic nitrogens is 1. The SMILES string of the molecule is Cc1cnccc1C1CCCC(C(NS(=O)(=O)C2CCCCC2C(F)(F)F)C2CC2)C1. The van der Waals surface area contributed by atoms with Crippen LogP contribution in [0.2, 0.25) is 0 Å². The Morgan fingerprint density at radius 2 is 1.77 bits per heavy atom. The van der Waals surface area contributed by atoms with Gasteiger partial charge in [-0.1, -0.05) is 19.3 Å². The van der Waals surface area contributed by atoms with E-state index in [0.717, 1.165) is 44.1 Å². The summed E-state index contributed by atoms with van der Waals surface area (Å²) in [7, 11) is -4.04. The molecule has 31 heavy (non-hydrogen) atoms. The number of pyridine rings is 1. The Morgan fingerprint density at radius 1 is 1.03 bits per heavy atom. The van der Waals surface area contributed by atoms with Crippen molar-refractivity contribution in [3.8, 4) is 0 Å². The van der Waals surface area contributed by atoms with Gasteiger partial charge in [-0.15, -0.1) is 0 Å². The number of alkyl halides is 3. The molecule has 0 aliphatic heterocycles. The summed E-state index contributed by atoms with van der Waals surface area (Å²) in [5.74, 6) is -0.978. The maximum absolute atomic E-state index is 13.6. The fraction of sp³-hybridized carbons (Fsp3) is 0.783. The molecule has 4 nitrogen and oxygen atoms in total. The predicted octanol–water partition coefficient (Wildman–Crippen LogP) is 5.48. The van der Waals surface area contributed by atoms with Gasteiger partial charge in [0.25, 0.3) is 0 Å². The summed E-state index contributed by atoms with van der Waals surface area (Å²) in [5.41, 5.74) is 2.41. The largest absolute Gasteiger partial charge is 0.393 e. The lowest BCUT2D eigenvalue weighted by Crippen LogP contribution is -2.51. The van der Waals surface area contributed by atoms with Gasteiger partial charge in [0.1, 0.15) is 0 Å². The van der Waals surface area contributed by atoms with E-state index in [1.165, 1.54) is 5.56 Å². The zero-order chi connectivity index (χ0) is 22.2. The molecule has 3 saturated carbocycles. The number of halogens is 3. The number of aryl methyl sites for hydroxylation is 1. The van der Waals surface area contributed by atoms with E-state index in [9.17, 15) is 21.6 Å². The molecule has 1 N–H and O–H groups in total. The van der Waals surface area contributed by atoms with E-state index < -0.39 is 27.4 Å². The standard InChI is InChI=1S/C23H33F3N2O2S/c1-15-14-27-12-11-19(15)17-5-4-6-18(13-17)22(16-9-10-16)28-31(29,30)21-8-3-2-7-20(21)23(24,25)26/h11-12,14,16-18,20-22,28H,2-10,13H2,1H3. The summed E-state index contributed by atoms with van der Waals surface area (Å²) in [4.78, 5) is 4.18. The lowest BCUT2D eigenvalue weighted by Gasteiger charge is -2.38. The fourth-order valence-corrected chi connectivity index (χ4v) is 8.07. The van der Waals surface area contributed by atoms with Crippen LogP contribution in [0.15, 0.2) is 18.5 Å². The molecule has 1 heterocycles. The number of hydrogen-bond acceptors (Lipinski definition) is 3. The molecule has 5 unspecified atom stereocenters. The number of sulfonamides is 1. The van der Waals surface area contributed by atoms with E-state index >= 15 is 0 Å². The van der Waals surface area contributed by atoms with Gasteiger partial charge < -0.3 is 0 Å². The topological polar surface area (TPSA) is 59.1 Å². The summed E-state index contributed by atoms with van der Waals surface area (Å²) in [6.45, 7) is 2.05. The molecule has 3 aliphatic carbocycles. The fourth-order valence-electron chi connectivity index (χ4n) is 5.93. The minimum Gasteiger partial charge on any atom is -0.264 e. The summed E-state index contributed by atoms with van der Waals surface area (Å²) >= 11 is 0. The van der Waals surface area contributed by atoms with Gasteiger partial charge in [0.15, 0.2) is 0 Å². The molecule has 4 rings (SSSR count). The van der Waals surface area contributed by atoms with Crippen molar-refractivity contribution in [1.29, 1.82) is 0 Å². The molecule has 174 valence electrons. The first-order chi connectivity index (χ1) is 14.7. The Kier molecular flexibility index (Phi) is 6.69. The third-order valence-electron chi connectivity index (χ3n) is 7.68. The van der Waals surface area contributed by atoms with Crippen molar-refractivity contribution in [3.63, 3.8) is 0 Å². The highest BCUT2D eigenvalue weighted by molar-refractivity contribution is 7.90. The van der Waals surface area contributed by atoms with Crippen molar-refractivity contribution < 1.29 is 21.6 Å². The van der Waals surface area contributed by atoms with Crippen LogP contribution >= 0.6 is 0 Å². The molecule has 1 aromatic rings. The summed E-state index contributed by atoms with van der Waals surface area (Å²) < 4.78 is 70.0. The van der Waals surface area contributed by atoms with Crippen molar-refractivity contribution in [2.45, 2.75) is 94.5 Å². The Bertz CT molecular complexity index is 870. The zero-order valence-electron chi connectivity index (χ0n) is 18.1. The second-order valence-corrected chi connectivity index (χ2v) is 11.8. The van der Waals surface area contributed by atoms with E-state index in [4.69, 9.17) is 0 Å². The molecular weight excluding hydrogens is 425 g/mol. The van der Waals surface area contributed by atoms with Gasteiger partial charge in [-0.05, 0) is 86.8 Å². The normalized spacial score (nSPS) is 31.4. The number of rotatable bonds is 6. The minimum atomic E-state index is -4.47. The number of hydrogen-bond donors (Lipinski definition) is 1. The molecular formula is C23H33F3N2O2S. The van der Waals surface area contributed by atoms with Crippen LogP contribution in [0.1, 0.15) is 81.3 Å². The van der Waals surface area contributed by atoms with Crippen LogP contribution in [-0.2, 0) is 10.0 Å². The van der Waals surface area contributed by atoms with Crippen molar-refractivity contribution >= 4 is 10.0 Å². The zero-order valence-corrected chi connectivity index (χ0v) is 18.9. The van der Waals surface area contributed by atoms with Gasteiger partial charge in [0, 0.05) is 18.4 Å². The van der Waals surface area contributed by atoms with Gasteiger partial charge in [0.05, 0.1) is 11.2 Å². The van der Waals surface area contributed by atoms with E-state index in [-0.39, 0.29) is 30.7 Å². The van der Waals surface area contributed by atoms with Gasteiger partial charge in [0.2, 0.25) is 10.0 Å². The average Bonchev–Trinajstić information content (AvgIpc) is 3.57. The quantitative estimate of drug-likeness (QED) is 0.614. The Balaban J connectivity index is 1.52. The number of nitrogens with zero attached hydrogens (tertiary/aromatic N) is 1. The molecule has 5 atom stereocenters. The van der Waals surface area contributed by atoms with E-state index in [2.05, 4.69) is 15.8 Å². The van der Waals surface area contributed by atoms with Crippen LogP contribution in [0, 0.1) is 24.7 Å². The Hall–Kier alpha value is -1.15. The van der Waals surface area contributed by atoms with E-state index in [1.54, 1.807) is 6.20 Å². The van der Waals surface area contributed by atoms with E-state index in [1.807, 2.05) is 13.1 Å². The van der Waals surface area contributed by atoms with Crippen LogP contribution in [-0.4, -0.2) is 30.9 Å². The molecule has 0 radical (unpaired) electrons. The smallest absolute Gasteiger partial charge is 0.264 e. The van der Waals surface area contributed by atoms with Gasteiger partial charge in [-0.3, -0.25) is 4.98 Å². The highest BCUT2D eigenvalue weighted by Gasteiger charge is 2.51. The van der Waals surface area contributed by atoms with Crippen LogP contribution in [0.5, 0.6) is 0 Å². The second kappa shape index (κ2) is 9.00. The molecule has 8 heteroatoms. The first-order valence-corrected chi connectivity index (χ1v) is 13.2. The van der Waals surface area contributed by atoms with Crippen LogP contribution in [0.4, 0.5) is 13.2 Å². The maximum Gasteiger partial charge on any atom is 0.393 e. The van der Waals surface area contributed by atoms with Crippen LogP contribution in [0.3, 0.4) is 0 Å². The van der Waals surface area contributed by atoms with Crippen molar-refractivity contribution in [3.05, 3.63) is 29.6 Å². The van der Waals surface area contributed by atoms with E-state index in [0.29, 0.717) is 18.8 Å². The Morgan fingerprint density at radius 3 is 2.45 bits per heavy atom. The molecule has 1 aromatic heterocycles. The first-order valence-electron chi connectivity index (χ1n) is 11.6. The highest BCUT2D eigenvalue weighted by Crippen LogP contribution is 2.46. The lowest BCUT2D eigenvalue weighted by atomic mass is 9.74. The van der Waals surface area contributed by atoms with Crippen molar-refractivity contribution in [1.82, 2.24) is 9.71 Å². The van der Waals surface area contributed by atoms with Gasteiger partial charge >= 0.3 is 6.18 Å². The first kappa shape index (κ1) is 23.0. The molecule has 0 aromatic carbocycles. The van der Waals surface area contributed by atoms with Crippen molar-refractivity contribution in [2.24, 2.45) is 17.8 Å². The monoisotopic (exact) mass is 458 g/mol. The molecule has 0 spiro atoms. The summed E-state index contributed by atoms with van der Waals surface area (Å²) in [6.07, 6.45) is 5.97. The molecule has 3 fully saturated rings. The Labute approximate surface area is 183 Å². The predicted molar refractivity (Wildman–Crippen MR) is 114 cm³/mol. The third kappa shape index (κ3) is 5.27. The van der Waals surface area contributed by atoms with Crippen LogP contribution in [0.25, 0.3) is 0 Å². The lowest BCUT2D eigenvalue weighted by molar-refractivity contribution is -0.180. The average molecular weight is 459 g/mol. The second-order valence-electron chi connectivity index (χ2n) is 9.85. The van der Waals surface area contributed by atoms with Crippen molar-refractivity contribution in [2.75, 3.05) is 0 Å². The van der Waals surface area contributed by atoms with Gasteiger partial charge in [-0.2, -0.15) is 13.2 Å². The molecule has 0 saturated heterocycles. The molecule has 0 bridgehead atoms. The minimum absolute atomic E-state index is 0.0873. The summed E-state index contributed by atoms with van der Waals surface area (Å²) in [5, 5.41) is -1.36. The van der Waals surface area contributed by atoms with Gasteiger partial charge in [-0.25, -0.2) is 13.1 Å². The third-order valence-corrected chi connectivity index (χ3v) is 9.64. The molecule has 3 aliphatic rings. The van der Waals surface area contributed by atoms with Crippen LogP contribution < -0.4 is 4.72 Å². The molecule has 0 amide bonds. The summed E-state index contributed by atoms with van der Waals surface area (Å²) in [6, 6.07) is 1.81. The number of nitrogens with one attached hydrogen (secondary N) is 1.